The molecule has 15 heavy (non-hydrogen) atoms. The summed E-state index contributed by atoms with van der Waals surface area (Å²) in [5, 5.41) is 7.75. The molecule has 0 aromatic heterocycles. The van der Waals surface area contributed by atoms with E-state index in [4.69, 9.17) is 15.4 Å². The zero-order valence-corrected chi connectivity index (χ0v) is 9.24. The molecule has 5 nitrogen and oxygen atoms in total. The van der Waals surface area contributed by atoms with Crippen molar-refractivity contribution < 1.29 is 18.1 Å². The van der Waals surface area contributed by atoms with E-state index in [9.17, 15) is 8.42 Å². The van der Waals surface area contributed by atoms with Gasteiger partial charge in [0.05, 0.1) is 11.5 Å². The van der Waals surface area contributed by atoms with Crippen LogP contribution >= 0.6 is 0 Å². The molecule has 0 atom stereocenters. The Morgan fingerprint density at radius 1 is 1.33 bits per heavy atom. The van der Waals surface area contributed by atoms with E-state index in [0.717, 1.165) is 0 Å². The summed E-state index contributed by atoms with van der Waals surface area (Å²) in [5.41, 5.74) is 5.33. The predicted octanol–water partition coefficient (Wildman–Crippen LogP) is 0.179. The third-order valence-electron chi connectivity index (χ3n) is 1.50. The number of hydrogen-bond acceptors (Lipinski definition) is 4. The van der Waals surface area contributed by atoms with Crippen molar-refractivity contribution >= 4 is 10.1 Å². The molecule has 0 radical (unpaired) electrons. The van der Waals surface area contributed by atoms with E-state index in [-0.39, 0.29) is 11.5 Å². The topological polar surface area (TPSA) is 101 Å². The van der Waals surface area contributed by atoms with E-state index in [2.05, 4.69) is 0 Å². The molecule has 1 rings (SSSR count). The average molecular weight is 233 g/mol. The van der Waals surface area contributed by atoms with Crippen molar-refractivity contribution in [2.24, 2.45) is 5.73 Å². The highest BCUT2D eigenvalue weighted by atomic mass is 32.2. The number of aliphatic hydroxyl groups is 1. The van der Waals surface area contributed by atoms with Gasteiger partial charge in [-0.25, -0.2) is 0 Å². The Balaban J connectivity index is 0.000000423. The van der Waals surface area contributed by atoms with E-state index in [0.29, 0.717) is 12.1 Å². The van der Waals surface area contributed by atoms with Gasteiger partial charge in [0.1, 0.15) is 0 Å². The number of aryl methyl sites for hydroxylation is 1. The monoisotopic (exact) mass is 233 g/mol. The number of hydrogen-bond donors (Lipinski definition) is 3. The van der Waals surface area contributed by atoms with E-state index in [1.165, 1.54) is 6.07 Å². The third-order valence-corrected chi connectivity index (χ3v) is 2.51. The first-order valence-electron chi connectivity index (χ1n) is 4.27. The van der Waals surface area contributed by atoms with Crippen LogP contribution in [0, 0.1) is 6.92 Å². The molecule has 0 aliphatic heterocycles. The lowest BCUT2D eigenvalue weighted by molar-refractivity contribution is 0.306. The van der Waals surface area contributed by atoms with Crippen molar-refractivity contribution in [3.8, 4) is 0 Å². The van der Waals surface area contributed by atoms with Crippen molar-refractivity contribution in [2.75, 3.05) is 13.2 Å². The fourth-order valence-corrected chi connectivity index (χ4v) is 1.57. The molecule has 0 aliphatic carbocycles. The van der Waals surface area contributed by atoms with Crippen LogP contribution in [0.1, 0.15) is 5.56 Å². The largest absolute Gasteiger partial charge is 0.395 e. The molecular weight excluding hydrogens is 218 g/mol. The minimum Gasteiger partial charge on any atom is -0.395 e. The maximum atomic E-state index is 10.6. The molecule has 0 spiro atoms. The van der Waals surface area contributed by atoms with Crippen molar-refractivity contribution in [1.82, 2.24) is 0 Å². The lowest BCUT2D eigenvalue weighted by atomic mass is 10.2. The van der Waals surface area contributed by atoms with E-state index in [1.807, 2.05) is 0 Å². The second kappa shape index (κ2) is 6.52. The Bertz CT molecular complexity index is 387. The molecule has 0 fully saturated rings. The smallest absolute Gasteiger partial charge is 0.294 e. The normalized spacial score (nSPS) is 10.4. The Morgan fingerprint density at radius 2 is 1.80 bits per heavy atom. The van der Waals surface area contributed by atoms with Gasteiger partial charge in [0.15, 0.2) is 0 Å². The molecule has 0 unspecified atom stereocenters. The number of benzene rings is 1. The number of aliphatic hydroxyl groups excluding tert-OH is 1. The molecule has 0 bridgehead atoms. The van der Waals surface area contributed by atoms with Gasteiger partial charge in [-0.05, 0) is 18.6 Å². The van der Waals surface area contributed by atoms with Crippen LogP contribution in [-0.2, 0) is 10.1 Å². The summed E-state index contributed by atoms with van der Waals surface area (Å²) in [6.45, 7) is 2.10. The van der Waals surface area contributed by atoms with Crippen LogP contribution < -0.4 is 5.73 Å². The first-order chi connectivity index (χ1) is 6.93. The standard InChI is InChI=1S/C7H8O3S.C2H7NO/c1-6-4-2-3-5-7(6)11(8,9)10;3-1-2-4/h2-5H,1H3,(H,8,9,10);4H,1-3H2. The second-order valence-electron chi connectivity index (χ2n) is 2.75. The van der Waals surface area contributed by atoms with Crippen LogP contribution in [-0.4, -0.2) is 31.2 Å². The maximum absolute atomic E-state index is 10.6. The summed E-state index contributed by atoms with van der Waals surface area (Å²) in [4.78, 5) is -0.0278. The van der Waals surface area contributed by atoms with Crippen molar-refractivity contribution in [3.63, 3.8) is 0 Å². The molecule has 0 aliphatic rings. The zero-order valence-electron chi connectivity index (χ0n) is 8.42. The summed E-state index contributed by atoms with van der Waals surface area (Å²) < 4.78 is 29.9. The lowest BCUT2D eigenvalue weighted by Gasteiger charge is -1.99. The highest BCUT2D eigenvalue weighted by Crippen LogP contribution is 2.12. The average Bonchev–Trinajstić information content (AvgIpc) is 2.17. The molecule has 1 aromatic rings. The van der Waals surface area contributed by atoms with Gasteiger partial charge < -0.3 is 10.8 Å². The van der Waals surface area contributed by atoms with Gasteiger partial charge in [-0.2, -0.15) is 8.42 Å². The Kier molecular flexibility index (Phi) is 6.11. The summed E-state index contributed by atoms with van der Waals surface area (Å²) in [7, 11) is -4.03. The van der Waals surface area contributed by atoms with Gasteiger partial charge in [-0.3, -0.25) is 4.55 Å². The summed E-state index contributed by atoms with van der Waals surface area (Å²) in [5.74, 6) is 0. The molecular formula is C9H15NO4S. The first-order valence-corrected chi connectivity index (χ1v) is 5.71. The highest BCUT2D eigenvalue weighted by Gasteiger charge is 2.10. The van der Waals surface area contributed by atoms with Gasteiger partial charge in [0, 0.05) is 6.54 Å². The maximum Gasteiger partial charge on any atom is 0.294 e. The van der Waals surface area contributed by atoms with Gasteiger partial charge in [-0.15, -0.1) is 0 Å². The zero-order chi connectivity index (χ0) is 11.9. The van der Waals surface area contributed by atoms with Crippen LogP contribution in [0.15, 0.2) is 29.2 Å². The second-order valence-corrected chi connectivity index (χ2v) is 4.14. The lowest BCUT2D eigenvalue weighted by Crippen LogP contribution is -2.02. The van der Waals surface area contributed by atoms with Crippen LogP contribution in [0.25, 0.3) is 0 Å². The SMILES string of the molecule is Cc1ccccc1S(=O)(=O)O.NCCO. The van der Waals surface area contributed by atoms with E-state index >= 15 is 0 Å². The van der Waals surface area contributed by atoms with Crippen LogP contribution in [0.5, 0.6) is 0 Å². The Labute approximate surface area is 89.3 Å². The van der Waals surface area contributed by atoms with Gasteiger partial charge in [-0.1, -0.05) is 18.2 Å². The van der Waals surface area contributed by atoms with Crippen LogP contribution in [0.3, 0.4) is 0 Å². The van der Waals surface area contributed by atoms with Crippen LogP contribution in [0.4, 0.5) is 0 Å². The first kappa shape index (κ1) is 14.1. The third kappa shape index (κ3) is 5.48. The molecule has 4 N–H and O–H groups in total. The fraction of sp³-hybridized carbons (Fsp3) is 0.333. The molecule has 0 heterocycles. The molecule has 6 heteroatoms. The minimum atomic E-state index is -4.03. The van der Waals surface area contributed by atoms with Crippen LogP contribution in [0.2, 0.25) is 0 Å². The number of rotatable bonds is 2. The molecule has 0 amide bonds. The molecule has 0 saturated carbocycles. The Hall–Kier alpha value is -0.950. The van der Waals surface area contributed by atoms with Crippen molar-refractivity contribution in [3.05, 3.63) is 29.8 Å². The summed E-state index contributed by atoms with van der Waals surface area (Å²) >= 11 is 0. The predicted molar refractivity (Wildman–Crippen MR) is 57.1 cm³/mol. The van der Waals surface area contributed by atoms with Gasteiger partial charge in [0.25, 0.3) is 10.1 Å². The van der Waals surface area contributed by atoms with Crippen molar-refractivity contribution in [1.29, 1.82) is 0 Å². The van der Waals surface area contributed by atoms with E-state index in [1.54, 1.807) is 25.1 Å². The number of nitrogens with two attached hydrogens (primary N) is 1. The fourth-order valence-electron chi connectivity index (χ4n) is 0.846. The molecule has 0 saturated heterocycles. The minimum absolute atomic E-state index is 0.0278. The van der Waals surface area contributed by atoms with E-state index < -0.39 is 10.1 Å². The molecule has 1 aromatic carbocycles. The molecule has 86 valence electrons. The van der Waals surface area contributed by atoms with Crippen molar-refractivity contribution in [2.45, 2.75) is 11.8 Å². The van der Waals surface area contributed by atoms with Gasteiger partial charge >= 0.3 is 0 Å². The Morgan fingerprint density at radius 3 is 2.07 bits per heavy atom. The highest BCUT2D eigenvalue weighted by molar-refractivity contribution is 7.85. The van der Waals surface area contributed by atoms with Gasteiger partial charge in [0.2, 0.25) is 0 Å². The summed E-state index contributed by atoms with van der Waals surface area (Å²) in [6.07, 6.45) is 0. The summed E-state index contributed by atoms with van der Waals surface area (Å²) in [6, 6.07) is 6.27. The quantitative estimate of drug-likeness (QED) is 0.632.